The summed E-state index contributed by atoms with van der Waals surface area (Å²) in [6.45, 7) is 7.88. The van der Waals surface area contributed by atoms with E-state index in [1.807, 2.05) is 60.7 Å². The molecule has 0 radical (unpaired) electrons. The summed E-state index contributed by atoms with van der Waals surface area (Å²) < 4.78 is 0. The van der Waals surface area contributed by atoms with Crippen LogP contribution in [-0.4, -0.2) is 24.6 Å². The third-order valence-corrected chi connectivity index (χ3v) is 3.83. The SMILES string of the molecule is C(=NCc1ccccc1)c1ccc[n-]1.C(=NCc1ccccc1)c1ccc[n-]1.CC(C)[O-].CC(C)[O-].[Ti+4]. The Kier molecular flexibility index (Phi) is 20.4. The van der Waals surface area contributed by atoms with Gasteiger partial charge < -0.3 is 20.2 Å². The Bertz CT molecular complexity index is 954. The number of hydrogen-bond donors (Lipinski definition) is 0. The molecule has 0 N–H and O–H groups in total. The number of hydrogen-bond acceptors (Lipinski definition) is 4. The maximum absolute atomic E-state index is 9.53. The number of rotatable bonds is 6. The van der Waals surface area contributed by atoms with Crippen molar-refractivity contribution in [2.75, 3.05) is 0 Å². The van der Waals surface area contributed by atoms with Crippen molar-refractivity contribution in [3.05, 3.63) is 120 Å². The van der Waals surface area contributed by atoms with Crippen LogP contribution in [0.15, 0.2) is 107 Å². The third-order valence-electron chi connectivity index (χ3n) is 3.83. The third kappa shape index (κ3) is 20.8. The number of aliphatic imine (C=N–C) groups is 2. The van der Waals surface area contributed by atoms with E-state index in [0.29, 0.717) is 13.1 Å². The molecule has 0 spiro atoms. The smallest absolute Gasteiger partial charge is 0.852 e. The van der Waals surface area contributed by atoms with E-state index in [-0.39, 0.29) is 21.7 Å². The van der Waals surface area contributed by atoms with Crippen LogP contribution in [0.2, 0.25) is 0 Å². The van der Waals surface area contributed by atoms with Crippen LogP contribution in [0, 0.1) is 0 Å². The molecule has 7 heteroatoms. The van der Waals surface area contributed by atoms with Crippen LogP contribution in [0.25, 0.3) is 0 Å². The second-order valence-corrected chi connectivity index (χ2v) is 8.13. The van der Waals surface area contributed by atoms with Gasteiger partial charge >= 0.3 is 21.7 Å². The molecule has 0 aliphatic rings. The van der Waals surface area contributed by atoms with Crippen LogP contribution in [0.5, 0.6) is 0 Å². The molecule has 192 valence electrons. The standard InChI is InChI=1S/2C12H11N2.2C3H7O.Ti/c2*1-2-5-11(6-3-1)9-13-10-12-7-4-8-14-12;2*1-3(2)4;/h2*1-8,10H,9H2;2*3H,1-2H3;/q4*-1;+4. The van der Waals surface area contributed by atoms with E-state index in [9.17, 15) is 10.2 Å². The predicted octanol–water partition coefficient (Wildman–Crippen LogP) is 4.03. The normalized spacial score (nSPS) is 10.2. The van der Waals surface area contributed by atoms with Gasteiger partial charge in [0.15, 0.2) is 0 Å². The minimum absolute atomic E-state index is 0. The summed E-state index contributed by atoms with van der Waals surface area (Å²) in [4.78, 5) is 16.8. The van der Waals surface area contributed by atoms with Gasteiger partial charge in [-0.15, -0.1) is 23.6 Å². The van der Waals surface area contributed by atoms with Crippen molar-refractivity contribution >= 4 is 12.4 Å². The van der Waals surface area contributed by atoms with E-state index in [1.54, 1.807) is 52.5 Å². The van der Waals surface area contributed by atoms with Gasteiger partial charge in [-0.1, -0.05) is 113 Å². The van der Waals surface area contributed by atoms with Crippen molar-refractivity contribution < 1.29 is 31.9 Å². The second-order valence-electron chi connectivity index (χ2n) is 8.13. The van der Waals surface area contributed by atoms with Crippen molar-refractivity contribution in [3.63, 3.8) is 0 Å². The molecule has 0 amide bonds. The van der Waals surface area contributed by atoms with Crippen LogP contribution in [0.1, 0.15) is 50.2 Å². The Morgan fingerprint density at radius 3 is 1.19 bits per heavy atom. The van der Waals surface area contributed by atoms with E-state index in [4.69, 9.17) is 0 Å². The Labute approximate surface area is 236 Å². The maximum atomic E-state index is 9.53. The first-order chi connectivity index (χ1) is 17.4. The summed E-state index contributed by atoms with van der Waals surface area (Å²) in [5.41, 5.74) is 4.27. The second kappa shape index (κ2) is 22.2. The minimum Gasteiger partial charge on any atom is -0.852 e. The van der Waals surface area contributed by atoms with Crippen LogP contribution < -0.4 is 20.2 Å². The summed E-state index contributed by atoms with van der Waals surface area (Å²) >= 11 is 0. The van der Waals surface area contributed by atoms with Crippen molar-refractivity contribution in [2.45, 2.75) is 53.0 Å². The summed E-state index contributed by atoms with van der Waals surface area (Å²) in [7, 11) is 0. The van der Waals surface area contributed by atoms with Gasteiger partial charge in [0.05, 0.1) is 13.1 Å². The molecule has 2 aromatic heterocycles. The molecule has 2 aromatic carbocycles. The van der Waals surface area contributed by atoms with Gasteiger partial charge in [-0.25, -0.2) is 0 Å². The first-order valence-electron chi connectivity index (χ1n) is 11.9. The quantitative estimate of drug-likeness (QED) is 0.277. The molecule has 2 heterocycles. The maximum Gasteiger partial charge on any atom is 4.00 e. The molecule has 0 saturated carbocycles. The zero-order valence-corrected chi connectivity index (χ0v) is 23.6. The predicted molar refractivity (Wildman–Crippen MR) is 145 cm³/mol. The topological polar surface area (TPSA) is 99.0 Å². The fraction of sp³-hybridized carbons (Fsp3) is 0.267. The molecule has 0 aliphatic heterocycles. The molecular weight excluding hydrogens is 496 g/mol. The largest absolute Gasteiger partial charge is 4.00 e. The minimum atomic E-state index is -0.417. The molecular formula is C30H36N4O2Ti. The monoisotopic (exact) mass is 532 g/mol. The number of nitrogens with zero attached hydrogens (tertiary/aromatic N) is 4. The van der Waals surface area contributed by atoms with Crippen molar-refractivity contribution in [2.24, 2.45) is 9.98 Å². The fourth-order valence-electron chi connectivity index (χ4n) is 2.44. The zero-order chi connectivity index (χ0) is 26.4. The average molecular weight is 533 g/mol. The molecule has 6 nitrogen and oxygen atoms in total. The first-order valence-corrected chi connectivity index (χ1v) is 11.9. The molecule has 0 bridgehead atoms. The molecule has 0 unspecified atom stereocenters. The van der Waals surface area contributed by atoms with Gasteiger partial charge in [0.1, 0.15) is 0 Å². The van der Waals surface area contributed by atoms with E-state index < -0.39 is 12.2 Å². The summed E-state index contributed by atoms with van der Waals surface area (Å²) in [6, 6.07) is 28.0. The molecule has 0 fully saturated rings. The van der Waals surface area contributed by atoms with E-state index >= 15 is 0 Å². The summed E-state index contributed by atoms with van der Waals surface area (Å²) in [6.07, 6.45) is 6.30. The van der Waals surface area contributed by atoms with Gasteiger partial charge in [-0.2, -0.15) is 12.4 Å². The number of aromatic nitrogens is 2. The van der Waals surface area contributed by atoms with Gasteiger partial charge in [0.2, 0.25) is 0 Å². The Hall–Kier alpha value is -3.03. The number of benzene rings is 2. The van der Waals surface area contributed by atoms with Gasteiger partial charge in [-0.3, -0.25) is 9.98 Å². The molecule has 37 heavy (non-hydrogen) atoms. The Balaban J connectivity index is 0.000000535. The molecule has 4 aromatic rings. The van der Waals surface area contributed by atoms with Crippen molar-refractivity contribution in [1.29, 1.82) is 0 Å². The van der Waals surface area contributed by atoms with Crippen LogP contribution in [-0.2, 0) is 34.8 Å². The first kappa shape index (κ1) is 34.0. The summed E-state index contributed by atoms with van der Waals surface area (Å²) in [5, 5.41) is 19.1. The van der Waals surface area contributed by atoms with Crippen LogP contribution in [0.3, 0.4) is 0 Å². The Morgan fingerprint density at radius 2 is 0.919 bits per heavy atom. The van der Waals surface area contributed by atoms with E-state index in [0.717, 1.165) is 11.4 Å². The molecule has 4 rings (SSSR count). The van der Waals surface area contributed by atoms with E-state index in [2.05, 4.69) is 44.2 Å². The van der Waals surface area contributed by atoms with Crippen LogP contribution in [0.4, 0.5) is 0 Å². The van der Waals surface area contributed by atoms with Gasteiger partial charge in [0, 0.05) is 12.4 Å². The average Bonchev–Trinajstić information content (AvgIpc) is 3.55. The van der Waals surface area contributed by atoms with Gasteiger partial charge in [-0.05, 0) is 11.1 Å². The van der Waals surface area contributed by atoms with Crippen LogP contribution >= 0.6 is 0 Å². The molecule has 0 saturated heterocycles. The zero-order valence-electron chi connectivity index (χ0n) is 22.1. The van der Waals surface area contributed by atoms with E-state index in [1.165, 1.54) is 11.1 Å². The fourth-order valence-corrected chi connectivity index (χ4v) is 2.44. The summed E-state index contributed by atoms with van der Waals surface area (Å²) in [5.74, 6) is 0. The molecule has 0 aliphatic carbocycles. The van der Waals surface area contributed by atoms with Gasteiger partial charge in [0.25, 0.3) is 0 Å². The molecule has 0 atom stereocenters. The van der Waals surface area contributed by atoms with Crippen molar-refractivity contribution in [3.8, 4) is 0 Å². The van der Waals surface area contributed by atoms with Crippen molar-refractivity contribution in [1.82, 2.24) is 9.97 Å². The Morgan fingerprint density at radius 1 is 0.595 bits per heavy atom.